The second-order valence-electron chi connectivity index (χ2n) is 11.1. The monoisotopic (exact) mass is 1450 g/mol. The quantitative estimate of drug-likeness (QED) is 0.0261. The molecule has 0 fully saturated rings. The maximum absolute atomic E-state index is 13.1. The van der Waals surface area contributed by atoms with Gasteiger partial charge in [-0.3, -0.25) is 51.4 Å². The van der Waals surface area contributed by atoms with Gasteiger partial charge in [-0.2, -0.15) is 0 Å². The first kappa shape index (κ1) is 111. The van der Waals surface area contributed by atoms with Gasteiger partial charge in [0.05, 0.1) is 13.2 Å². The maximum Gasteiger partial charge on any atom is 1.00 e. The Balaban J connectivity index is -0.000000514. The van der Waals surface area contributed by atoms with Gasteiger partial charge in [-0.05, 0) is 6.42 Å². The first-order valence-electron chi connectivity index (χ1n) is 15.1. The summed E-state index contributed by atoms with van der Waals surface area (Å²) in [5.74, 6) is -5.05. The minimum Gasteiger partial charge on any atom is -0.726 e. The van der Waals surface area contributed by atoms with Crippen LogP contribution in [0.25, 0.3) is 0 Å². The van der Waals surface area contributed by atoms with Crippen LogP contribution < -0.4 is 306 Å². The molecule has 0 aliphatic rings. The van der Waals surface area contributed by atoms with Crippen molar-refractivity contribution in [2.45, 2.75) is 55.3 Å². The average molecular weight is 1450 g/mol. The number of hydrogen-bond acceptors (Lipinski definition) is 42. The summed E-state index contributed by atoms with van der Waals surface area (Å²) in [5.41, 5.74) is 0. The molecule has 0 saturated heterocycles. The average Bonchev–Trinajstić information content (AvgIpc) is 3.05. The van der Waals surface area contributed by atoms with Gasteiger partial charge >= 0.3 is 296 Å². The largest absolute Gasteiger partial charge is 1.00 e. The fraction of sp³-hybridized carbons (Fsp3) is 0.867. The minimum atomic E-state index is -6.74. The van der Waals surface area contributed by atoms with Crippen molar-refractivity contribution in [2.24, 2.45) is 0 Å². The summed E-state index contributed by atoms with van der Waals surface area (Å²) in [6.45, 7) is -7.72. The fourth-order valence-electron chi connectivity index (χ4n) is 4.18. The number of nitrogens with one attached hydrogen (secondary N) is 2. The van der Waals surface area contributed by atoms with E-state index in [1.807, 2.05) is 0 Å². The summed E-state index contributed by atoms with van der Waals surface area (Å²) in [7, 11) is -65.6. The zero-order valence-electron chi connectivity index (χ0n) is 41.4. The van der Waals surface area contributed by atoms with E-state index in [0.29, 0.717) is 0 Å². The number of hydrogen-bond donors (Lipinski definition) is 2. The molecule has 0 radical (unpaired) electrons. The maximum atomic E-state index is 13.1. The molecule has 44 nitrogen and oxygen atoms in total. The normalized spacial score (nSPS) is 15.4. The molecule has 0 heterocycles. The second-order valence-corrected chi connectivity index (χ2v) is 21.3. The first-order valence-corrected chi connectivity index (χ1v) is 28.5. The molecule has 64 heteroatoms. The van der Waals surface area contributed by atoms with E-state index in [0.717, 1.165) is 0 Å². The third kappa shape index (κ3) is 60.3. The zero-order valence-corrected chi connectivity index (χ0v) is 69.5. The van der Waals surface area contributed by atoms with E-state index in [-0.39, 0.29) is 296 Å². The number of rotatable bonds is 34. The predicted octanol–water partition coefficient (Wildman–Crippen LogP) is -42.6. The smallest absolute Gasteiger partial charge is 0.726 e. The van der Waals surface area contributed by atoms with Gasteiger partial charge in [-0.1, -0.05) is 0 Å². The fourth-order valence-corrected chi connectivity index (χ4v) is 8.59. The van der Waals surface area contributed by atoms with Gasteiger partial charge in [0.1, 0.15) is 36.6 Å². The van der Waals surface area contributed by atoms with Crippen LogP contribution in [0.15, 0.2) is 0 Å². The summed E-state index contributed by atoms with van der Waals surface area (Å²) in [6, 6.07) is 0. The summed E-state index contributed by atoms with van der Waals surface area (Å²) < 4.78 is 377. The standard InChI is InChI=1S/C15H30N2O42S10.10Na/c18-14(12(58-68(44,45)46)10(56-66(38,39)40)8(54-64(32,33)34)6(52-62(26,27)28)4-50-60(20,21)22)16-2-1-3-17-15(19)13(59-69(47,48)49)11(57-67(41,42)43)9(55-65(35,36)37)7(53-63(29,30)31)5-51-61(23,24)25;;;;;;;;;;/h6-13H,1-5H2,(H,16,18)(H,17,19)(H,20,21,22)(H,23,24,25)(H,26,27,28)(H,29,30,31)(H,32,33,34)(H,35,36,37)(H,38,39,40)(H,41,42,43)(H,44,45,46)(H,47,48,49);;;;;;;;;;/q;10*+1/p-10/t6-,7-,8-,9-,10+,11+,12+,13+;;;;;;;;;;/m0........../s1. The molecule has 412 valence electrons. The van der Waals surface area contributed by atoms with E-state index < -0.39 is 197 Å². The number of amides is 2. The van der Waals surface area contributed by atoms with Gasteiger partial charge in [0.25, 0.3) is 11.8 Å². The van der Waals surface area contributed by atoms with Crippen LogP contribution in [0.4, 0.5) is 0 Å². The molecule has 8 atom stereocenters. The molecule has 2 amide bonds. The molecule has 0 aromatic rings. The molecule has 0 aliphatic carbocycles. The van der Waals surface area contributed by atoms with Gasteiger partial charge in [-0.15, -0.1) is 0 Å². The molecule has 0 rings (SSSR count). The Bertz CT molecular complexity index is 2790. The van der Waals surface area contributed by atoms with Gasteiger partial charge in [-0.25, -0.2) is 84.2 Å². The zero-order chi connectivity index (χ0) is 54.8. The Morgan fingerprint density at radius 2 is 0.481 bits per heavy atom. The topological polar surface area (TPSA) is 723 Å². The van der Waals surface area contributed by atoms with Crippen molar-refractivity contribution in [3.8, 4) is 0 Å². The van der Waals surface area contributed by atoms with Crippen molar-refractivity contribution in [1.82, 2.24) is 10.6 Å². The van der Waals surface area contributed by atoms with Crippen LogP contribution in [0.2, 0.25) is 0 Å². The van der Waals surface area contributed by atoms with E-state index in [1.54, 1.807) is 0 Å². The van der Waals surface area contributed by atoms with Crippen molar-refractivity contribution in [1.29, 1.82) is 0 Å². The molecule has 0 aromatic carbocycles. The molecular weight excluding hydrogens is 1430 g/mol. The molecule has 0 bridgehead atoms. The van der Waals surface area contributed by atoms with Crippen LogP contribution >= 0.6 is 0 Å². The summed E-state index contributed by atoms with van der Waals surface area (Å²) in [5, 5.41) is 2.65. The Labute approximate surface area is 671 Å². The van der Waals surface area contributed by atoms with Crippen molar-refractivity contribution in [3.63, 3.8) is 0 Å². The molecule has 2 N–H and O–H groups in total. The van der Waals surface area contributed by atoms with Crippen molar-refractivity contribution in [3.05, 3.63) is 0 Å². The SMILES string of the molecule is O=C(NCCCNC(=O)[C@H](OS(=O)(=O)[O-])[C@H](OS(=O)(=O)[O-])[C@@H](OS(=O)(=O)[O-])[C@H](COS(=O)(=O)[O-])OS(=O)(=O)[O-])[C@H](OS(=O)(=O)[O-])[C@H](OS(=O)(=O)[O-])[C@@H](OS(=O)(=O)[O-])[C@H](COS(=O)(=O)[O-])OS(=O)(=O)[O-].[Na+].[Na+].[Na+].[Na+].[Na+].[Na+].[Na+].[Na+].[Na+].[Na+]. The first-order chi connectivity index (χ1) is 30.3. The molecular formula is C15H20N2Na10O42S10. The molecule has 0 aromatic heterocycles. The Kier molecular flexibility index (Phi) is 65.6. The van der Waals surface area contributed by atoms with E-state index >= 15 is 0 Å². The van der Waals surface area contributed by atoms with E-state index in [4.69, 9.17) is 0 Å². The molecule has 0 unspecified atom stereocenters. The van der Waals surface area contributed by atoms with Crippen LogP contribution in [0.1, 0.15) is 6.42 Å². The van der Waals surface area contributed by atoms with Crippen molar-refractivity contribution >= 4 is 116 Å². The van der Waals surface area contributed by atoms with Crippen molar-refractivity contribution < 1.29 is 477 Å². The number of carbonyl (C=O) groups excluding carboxylic acids is 2. The molecule has 79 heavy (non-hydrogen) atoms. The van der Waals surface area contributed by atoms with Crippen molar-refractivity contribution in [2.75, 3.05) is 26.3 Å². The summed E-state index contributed by atoms with van der Waals surface area (Å²) in [4.78, 5) is 26.1. The van der Waals surface area contributed by atoms with Gasteiger partial charge in [0, 0.05) is 13.1 Å². The second kappa shape index (κ2) is 46.7. The van der Waals surface area contributed by atoms with Gasteiger partial charge in [0.2, 0.25) is 104 Å². The summed E-state index contributed by atoms with van der Waals surface area (Å²) >= 11 is 0. The van der Waals surface area contributed by atoms with Gasteiger partial charge in [0.15, 0.2) is 12.2 Å². The Morgan fingerprint density at radius 3 is 0.658 bits per heavy atom. The van der Waals surface area contributed by atoms with Gasteiger partial charge < -0.3 is 56.2 Å². The van der Waals surface area contributed by atoms with E-state index in [1.165, 1.54) is 10.6 Å². The van der Waals surface area contributed by atoms with Crippen LogP contribution in [0.5, 0.6) is 0 Å². The molecule has 0 saturated carbocycles. The van der Waals surface area contributed by atoms with E-state index in [9.17, 15) is 139 Å². The minimum absolute atomic E-state index is 0. The van der Waals surface area contributed by atoms with Crippen LogP contribution in [0.3, 0.4) is 0 Å². The third-order valence-corrected chi connectivity index (χ3v) is 10.6. The third-order valence-electron chi connectivity index (χ3n) is 6.04. The Morgan fingerprint density at radius 1 is 0.291 bits per heavy atom. The molecule has 0 spiro atoms. The number of carbonyl (C=O) groups is 2. The Hall–Kier alpha value is 7.64. The molecule has 0 aliphatic heterocycles. The van der Waals surface area contributed by atoms with Crippen LogP contribution in [-0.4, -0.2) is 217 Å². The van der Waals surface area contributed by atoms with Crippen LogP contribution in [-0.2, 0) is 155 Å². The van der Waals surface area contributed by atoms with Crippen LogP contribution in [0, 0.1) is 0 Å². The predicted molar refractivity (Wildman–Crippen MR) is 178 cm³/mol. The summed E-state index contributed by atoms with van der Waals surface area (Å²) in [6.07, 6.45) is -32.4. The van der Waals surface area contributed by atoms with E-state index in [2.05, 4.69) is 41.8 Å².